The van der Waals surface area contributed by atoms with Crippen LogP contribution in [0.3, 0.4) is 0 Å². The minimum atomic E-state index is -4.10. The molecule has 0 aliphatic heterocycles. The molecule has 0 fully saturated rings. The average molecular weight is 552 g/mol. The van der Waals surface area contributed by atoms with Crippen LogP contribution in [-0.2, 0) is 26.2 Å². The normalized spacial score (nSPS) is 11.9. The van der Waals surface area contributed by atoms with Gasteiger partial charge in [0.1, 0.15) is 18.3 Å². The summed E-state index contributed by atoms with van der Waals surface area (Å²) < 4.78 is 34.3. The Morgan fingerprint density at radius 1 is 0.897 bits per heavy atom. The molecule has 3 aromatic carbocycles. The van der Waals surface area contributed by atoms with Crippen molar-refractivity contribution in [3.05, 3.63) is 89.0 Å². The summed E-state index contributed by atoms with van der Waals surface area (Å²) >= 11 is 0. The van der Waals surface area contributed by atoms with E-state index in [1.54, 1.807) is 55.6 Å². The van der Waals surface area contributed by atoms with E-state index in [9.17, 15) is 18.0 Å². The number of nitrogens with zero attached hydrogens (tertiary/aromatic N) is 2. The van der Waals surface area contributed by atoms with Crippen molar-refractivity contribution in [2.45, 2.75) is 51.6 Å². The van der Waals surface area contributed by atoms with Crippen LogP contribution in [0.15, 0.2) is 71.6 Å². The lowest BCUT2D eigenvalue weighted by Crippen LogP contribution is -2.51. The van der Waals surface area contributed by atoms with Crippen LogP contribution in [0.25, 0.3) is 0 Å². The van der Waals surface area contributed by atoms with Gasteiger partial charge in [-0.05, 0) is 80.3 Å². The summed E-state index contributed by atoms with van der Waals surface area (Å²) in [6, 6.07) is 18.4. The molecule has 0 aliphatic carbocycles. The number of methoxy groups -OCH3 is 1. The second-order valence-corrected chi connectivity index (χ2v) is 11.4. The molecule has 0 aromatic heterocycles. The maximum absolute atomic E-state index is 14.0. The van der Waals surface area contributed by atoms with E-state index < -0.39 is 28.5 Å². The number of hydrogen-bond acceptors (Lipinski definition) is 5. The predicted octanol–water partition coefficient (Wildman–Crippen LogP) is 4.37. The lowest BCUT2D eigenvalue weighted by molar-refractivity contribution is -0.140. The van der Waals surface area contributed by atoms with Gasteiger partial charge in [-0.3, -0.25) is 13.9 Å². The van der Waals surface area contributed by atoms with Crippen LogP contribution in [0.4, 0.5) is 5.69 Å². The van der Waals surface area contributed by atoms with Crippen molar-refractivity contribution in [2.24, 2.45) is 0 Å². The third kappa shape index (κ3) is 7.17. The van der Waals surface area contributed by atoms with Crippen LogP contribution < -0.4 is 14.4 Å². The van der Waals surface area contributed by atoms with Crippen molar-refractivity contribution < 1.29 is 22.7 Å². The highest BCUT2D eigenvalue weighted by molar-refractivity contribution is 7.92. The summed E-state index contributed by atoms with van der Waals surface area (Å²) in [7, 11) is -1.02. The molecule has 0 bridgehead atoms. The van der Waals surface area contributed by atoms with Crippen molar-refractivity contribution in [2.75, 3.05) is 25.0 Å². The van der Waals surface area contributed by atoms with E-state index in [-0.39, 0.29) is 17.3 Å². The molecule has 208 valence electrons. The number of amides is 2. The van der Waals surface area contributed by atoms with Crippen LogP contribution in [-0.4, -0.2) is 51.9 Å². The molecule has 0 saturated heterocycles. The minimum absolute atomic E-state index is 0.0834. The number of hydrogen-bond donors (Lipinski definition) is 1. The first-order chi connectivity index (χ1) is 18.5. The molecular formula is C30H37N3O5S. The van der Waals surface area contributed by atoms with Crippen molar-refractivity contribution in [3.8, 4) is 5.75 Å². The first-order valence-corrected chi connectivity index (χ1v) is 14.3. The number of aryl methyl sites for hydroxylation is 3. The number of benzene rings is 3. The lowest BCUT2D eigenvalue weighted by atomic mass is 10.1. The third-order valence-corrected chi connectivity index (χ3v) is 8.31. The third-order valence-electron chi connectivity index (χ3n) is 6.53. The summed E-state index contributed by atoms with van der Waals surface area (Å²) in [6.07, 6.45) is 0.357. The van der Waals surface area contributed by atoms with Gasteiger partial charge in [0.2, 0.25) is 11.8 Å². The summed E-state index contributed by atoms with van der Waals surface area (Å²) in [4.78, 5) is 28.3. The van der Waals surface area contributed by atoms with Crippen molar-refractivity contribution in [1.29, 1.82) is 0 Å². The molecule has 3 rings (SSSR count). The second-order valence-electron chi connectivity index (χ2n) is 9.58. The zero-order valence-electron chi connectivity index (χ0n) is 23.4. The molecule has 0 unspecified atom stereocenters. The highest BCUT2D eigenvalue weighted by Gasteiger charge is 2.33. The van der Waals surface area contributed by atoms with E-state index in [1.165, 1.54) is 11.9 Å². The zero-order chi connectivity index (χ0) is 28.7. The fourth-order valence-electron chi connectivity index (χ4n) is 4.47. The Morgan fingerprint density at radius 2 is 1.49 bits per heavy atom. The standard InChI is InChI=1S/C30H37N3O5S/c1-7-28(30(35)31-5)32(19-24-10-12-26(38-6)13-11-24)29(34)20-33(25-17-22(3)16-23(4)18-25)39(36,37)27-14-8-21(2)9-15-27/h8-18,28H,7,19-20H2,1-6H3,(H,31,35)/t28-/m1/s1. The number of sulfonamides is 1. The Balaban J connectivity index is 2.08. The Kier molecular flexibility index (Phi) is 9.75. The van der Waals surface area contributed by atoms with E-state index in [0.29, 0.717) is 17.9 Å². The smallest absolute Gasteiger partial charge is 0.264 e. The molecule has 39 heavy (non-hydrogen) atoms. The molecule has 0 radical (unpaired) electrons. The lowest BCUT2D eigenvalue weighted by Gasteiger charge is -2.33. The molecule has 1 N–H and O–H groups in total. The second kappa shape index (κ2) is 12.8. The fourth-order valence-corrected chi connectivity index (χ4v) is 5.87. The number of nitrogens with one attached hydrogen (secondary N) is 1. The van der Waals surface area contributed by atoms with Gasteiger partial charge in [-0.15, -0.1) is 0 Å². The molecule has 8 nitrogen and oxygen atoms in total. The van der Waals surface area contributed by atoms with Crippen molar-refractivity contribution >= 4 is 27.5 Å². The number of carbonyl (C=O) groups is 2. The van der Waals surface area contributed by atoms with Crippen LogP contribution in [0.5, 0.6) is 5.75 Å². The van der Waals surface area contributed by atoms with E-state index in [2.05, 4.69) is 5.32 Å². The van der Waals surface area contributed by atoms with E-state index in [0.717, 1.165) is 26.6 Å². The molecule has 9 heteroatoms. The number of rotatable bonds is 11. The van der Waals surface area contributed by atoms with E-state index in [4.69, 9.17) is 4.74 Å². The molecule has 0 aliphatic rings. The minimum Gasteiger partial charge on any atom is -0.497 e. The molecule has 1 atom stereocenters. The maximum Gasteiger partial charge on any atom is 0.264 e. The predicted molar refractivity (Wildman–Crippen MR) is 153 cm³/mol. The quantitative estimate of drug-likeness (QED) is 0.382. The maximum atomic E-state index is 14.0. The van der Waals surface area contributed by atoms with Crippen LogP contribution >= 0.6 is 0 Å². The van der Waals surface area contributed by atoms with Gasteiger partial charge in [0.15, 0.2) is 0 Å². The molecule has 0 saturated carbocycles. The number of likely N-dealkylation sites (N-methyl/N-ethyl adjacent to an activating group) is 1. The number of ether oxygens (including phenoxy) is 1. The monoisotopic (exact) mass is 551 g/mol. The Morgan fingerprint density at radius 3 is 2.00 bits per heavy atom. The number of carbonyl (C=O) groups excluding carboxylic acids is 2. The van der Waals surface area contributed by atoms with Crippen molar-refractivity contribution in [1.82, 2.24) is 10.2 Å². The van der Waals surface area contributed by atoms with Gasteiger partial charge < -0.3 is 15.0 Å². The first kappa shape index (κ1) is 29.7. The first-order valence-electron chi connectivity index (χ1n) is 12.8. The summed E-state index contributed by atoms with van der Waals surface area (Å²) in [6.45, 7) is 7.11. The van der Waals surface area contributed by atoms with Gasteiger partial charge in [-0.1, -0.05) is 42.8 Å². The topological polar surface area (TPSA) is 96.0 Å². The van der Waals surface area contributed by atoms with Crippen LogP contribution in [0.2, 0.25) is 0 Å². The Labute approximate surface area is 231 Å². The summed E-state index contributed by atoms with van der Waals surface area (Å²) in [5.41, 5.74) is 3.83. The average Bonchev–Trinajstić information content (AvgIpc) is 2.91. The highest BCUT2D eigenvalue weighted by atomic mass is 32.2. The van der Waals surface area contributed by atoms with E-state index in [1.807, 2.05) is 45.9 Å². The van der Waals surface area contributed by atoms with Gasteiger partial charge in [0.25, 0.3) is 10.0 Å². The molecule has 3 aromatic rings. The summed E-state index contributed by atoms with van der Waals surface area (Å²) in [5.74, 6) is -0.144. The fraction of sp³-hybridized carbons (Fsp3) is 0.333. The van der Waals surface area contributed by atoms with Gasteiger partial charge in [0.05, 0.1) is 17.7 Å². The van der Waals surface area contributed by atoms with Gasteiger partial charge in [-0.2, -0.15) is 0 Å². The molecule has 2 amide bonds. The molecular weight excluding hydrogens is 514 g/mol. The Bertz CT molecular complexity index is 1380. The SMILES string of the molecule is CC[C@H](C(=O)NC)N(Cc1ccc(OC)cc1)C(=O)CN(c1cc(C)cc(C)c1)S(=O)(=O)c1ccc(C)cc1. The largest absolute Gasteiger partial charge is 0.497 e. The highest BCUT2D eigenvalue weighted by Crippen LogP contribution is 2.27. The Hall–Kier alpha value is -3.85. The molecule has 0 heterocycles. The van der Waals surface area contributed by atoms with E-state index >= 15 is 0 Å². The zero-order valence-corrected chi connectivity index (χ0v) is 24.2. The van der Waals surface area contributed by atoms with Gasteiger partial charge >= 0.3 is 0 Å². The summed E-state index contributed by atoms with van der Waals surface area (Å²) in [5, 5.41) is 2.63. The van der Waals surface area contributed by atoms with Gasteiger partial charge in [0, 0.05) is 13.6 Å². The molecule has 0 spiro atoms. The number of anilines is 1. The van der Waals surface area contributed by atoms with Crippen LogP contribution in [0.1, 0.15) is 35.6 Å². The van der Waals surface area contributed by atoms with Crippen molar-refractivity contribution in [3.63, 3.8) is 0 Å². The van der Waals surface area contributed by atoms with Crippen LogP contribution in [0, 0.1) is 20.8 Å². The van der Waals surface area contributed by atoms with Gasteiger partial charge in [-0.25, -0.2) is 8.42 Å².